The zero-order valence-electron chi connectivity index (χ0n) is 7.85. The third kappa shape index (κ3) is 2.47. The van der Waals surface area contributed by atoms with Crippen LogP contribution in [0.25, 0.3) is 17.3 Å². The number of hydrogen-bond acceptors (Lipinski definition) is 3. The second-order valence-electron chi connectivity index (χ2n) is 2.92. The molecule has 0 bridgehead atoms. The van der Waals surface area contributed by atoms with Crippen molar-refractivity contribution in [2.24, 2.45) is 0 Å². The van der Waals surface area contributed by atoms with E-state index < -0.39 is 5.83 Å². The summed E-state index contributed by atoms with van der Waals surface area (Å²) in [4.78, 5) is 8.95. The molecule has 0 unspecified atom stereocenters. The van der Waals surface area contributed by atoms with Crippen molar-refractivity contribution in [2.45, 2.75) is 0 Å². The third-order valence-corrected chi connectivity index (χ3v) is 2.66. The first kappa shape index (κ1) is 9.98. The molecular weight excluding hydrogens is 211 g/mol. The number of allylic oxidation sites excluding steroid dienone is 1. The summed E-state index contributed by atoms with van der Waals surface area (Å²) in [6.45, 7) is 3.19. The average Bonchev–Trinajstić information content (AvgIpc) is 2.67. The van der Waals surface area contributed by atoms with E-state index in [0.29, 0.717) is 0 Å². The van der Waals surface area contributed by atoms with E-state index in [1.165, 1.54) is 17.4 Å². The summed E-state index contributed by atoms with van der Waals surface area (Å²) in [7, 11) is 0. The lowest BCUT2D eigenvalue weighted by atomic mass is 10.2. The van der Waals surface area contributed by atoms with E-state index in [-0.39, 0.29) is 0 Å². The molecule has 15 heavy (non-hydrogen) atoms. The van der Waals surface area contributed by atoms with Crippen LogP contribution in [0, 0.1) is 6.92 Å². The molecule has 2 nitrogen and oxygen atoms in total. The van der Waals surface area contributed by atoms with Crippen LogP contribution in [0.2, 0.25) is 0 Å². The van der Waals surface area contributed by atoms with Gasteiger partial charge in [0.05, 0.1) is 11.9 Å². The van der Waals surface area contributed by atoms with Gasteiger partial charge in [0.2, 0.25) is 0 Å². The number of nitrogens with zero attached hydrogens (tertiary/aromatic N) is 2. The van der Waals surface area contributed by atoms with Crippen LogP contribution in [0.3, 0.4) is 0 Å². The van der Waals surface area contributed by atoms with Gasteiger partial charge in [-0.15, -0.1) is 11.3 Å². The van der Waals surface area contributed by atoms with Gasteiger partial charge in [-0.3, -0.25) is 9.97 Å². The summed E-state index contributed by atoms with van der Waals surface area (Å²) >= 11 is 1.45. The fraction of sp³-hybridized carbons (Fsp3) is 0. The SMILES string of the molecule is [CH2]/C(F)=C/c1cc(-c2cnccn2)cs1. The van der Waals surface area contributed by atoms with Gasteiger partial charge in [-0.05, 0) is 12.1 Å². The Kier molecular flexibility index (Phi) is 2.87. The summed E-state index contributed by atoms with van der Waals surface area (Å²) in [6, 6.07) is 1.86. The van der Waals surface area contributed by atoms with Crippen LogP contribution in [0.15, 0.2) is 35.9 Å². The lowest BCUT2D eigenvalue weighted by molar-refractivity contribution is 0.673. The summed E-state index contributed by atoms with van der Waals surface area (Å²) in [5.41, 5.74) is 1.73. The highest BCUT2D eigenvalue weighted by atomic mass is 32.1. The molecule has 0 amide bonds. The quantitative estimate of drug-likeness (QED) is 0.774. The predicted octanol–water partition coefficient (Wildman–Crippen LogP) is 3.35. The largest absolute Gasteiger partial charge is 0.261 e. The predicted molar refractivity (Wildman–Crippen MR) is 59.8 cm³/mol. The second-order valence-corrected chi connectivity index (χ2v) is 3.86. The molecule has 0 saturated heterocycles. The minimum Gasteiger partial charge on any atom is -0.261 e. The molecule has 0 aliphatic carbocycles. The van der Waals surface area contributed by atoms with Crippen molar-refractivity contribution in [2.75, 3.05) is 0 Å². The van der Waals surface area contributed by atoms with Crippen molar-refractivity contribution in [3.05, 3.63) is 47.7 Å². The van der Waals surface area contributed by atoms with Crippen LogP contribution < -0.4 is 0 Å². The summed E-state index contributed by atoms with van der Waals surface area (Å²) in [6.07, 6.45) is 6.32. The van der Waals surface area contributed by atoms with Crippen LogP contribution >= 0.6 is 11.3 Å². The van der Waals surface area contributed by atoms with Crippen LogP contribution in [-0.4, -0.2) is 9.97 Å². The van der Waals surface area contributed by atoms with Gasteiger partial charge in [-0.1, -0.05) is 0 Å². The normalized spacial score (nSPS) is 11.7. The monoisotopic (exact) mass is 219 g/mol. The van der Waals surface area contributed by atoms with Gasteiger partial charge in [0.1, 0.15) is 5.83 Å². The number of aromatic nitrogens is 2. The topological polar surface area (TPSA) is 25.8 Å². The number of halogens is 1. The van der Waals surface area contributed by atoms with Gasteiger partial charge in [0.25, 0.3) is 0 Å². The van der Waals surface area contributed by atoms with E-state index in [0.717, 1.165) is 16.1 Å². The van der Waals surface area contributed by atoms with Gasteiger partial charge in [-0.2, -0.15) is 0 Å². The molecular formula is C11H8FN2S. The number of hydrogen-bond donors (Lipinski definition) is 0. The molecule has 75 valence electrons. The maximum atomic E-state index is 12.5. The molecule has 2 rings (SSSR count). The van der Waals surface area contributed by atoms with Gasteiger partial charge in [0.15, 0.2) is 0 Å². The van der Waals surface area contributed by atoms with E-state index in [2.05, 4.69) is 16.9 Å². The summed E-state index contributed by atoms with van der Waals surface area (Å²) < 4.78 is 12.5. The minimum atomic E-state index is -0.442. The van der Waals surface area contributed by atoms with E-state index in [1.807, 2.05) is 11.4 Å². The highest BCUT2D eigenvalue weighted by molar-refractivity contribution is 7.11. The van der Waals surface area contributed by atoms with Crippen molar-refractivity contribution in [3.63, 3.8) is 0 Å². The fourth-order valence-corrected chi connectivity index (χ4v) is 2.01. The van der Waals surface area contributed by atoms with E-state index in [9.17, 15) is 4.39 Å². The molecule has 0 saturated carbocycles. The highest BCUT2D eigenvalue weighted by Gasteiger charge is 2.02. The Labute approximate surface area is 91.1 Å². The van der Waals surface area contributed by atoms with E-state index >= 15 is 0 Å². The molecule has 0 aliphatic rings. The van der Waals surface area contributed by atoms with Crippen molar-refractivity contribution >= 4 is 17.4 Å². The lowest BCUT2D eigenvalue weighted by Gasteiger charge is -1.92. The number of rotatable bonds is 2. The smallest absolute Gasteiger partial charge is 0.102 e. The maximum absolute atomic E-state index is 12.5. The molecule has 0 fully saturated rings. The van der Waals surface area contributed by atoms with Gasteiger partial charge >= 0.3 is 0 Å². The van der Waals surface area contributed by atoms with Crippen molar-refractivity contribution < 1.29 is 4.39 Å². The van der Waals surface area contributed by atoms with Crippen LogP contribution in [-0.2, 0) is 0 Å². The first-order chi connectivity index (χ1) is 7.25. The molecule has 0 spiro atoms. The molecule has 2 aromatic heterocycles. The van der Waals surface area contributed by atoms with Crippen LogP contribution in [0.4, 0.5) is 4.39 Å². The van der Waals surface area contributed by atoms with E-state index in [4.69, 9.17) is 0 Å². The Morgan fingerprint density at radius 3 is 3.00 bits per heavy atom. The number of thiophene rings is 1. The van der Waals surface area contributed by atoms with Crippen molar-refractivity contribution in [3.8, 4) is 11.3 Å². The third-order valence-electron chi connectivity index (χ3n) is 1.78. The van der Waals surface area contributed by atoms with Crippen molar-refractivity contribution in [1.29, 1.82) is 0 Å². The molecule has 0 N–H and O–H groups in total. The second kappa shape index (κ2) is 4.31. The van der Waals surface area contributed by atoms with Gasteiger partial charge < -0.3 is 0 Å². The lowest BCUT2D eigenvalue weighted by Crippen LogP contribution is -1.80. The first-order valence-electron chi connectivity index (χ1n) is 4.30. The zero-order chi connectivity index (χ0) is 10.7. The molecule has 0 atom stereocenters. The standard InChI is InChI=1S/C11H8FN2S/c1-8(12)4-10-5-9(7-15-10)11-6-13-2-3-14-11/h2-7H,1H2/b8-4-. The Hall–Kier alpha value is -1.55. The maximum Gasteiger partial charge on any atom is 0.102 e. The van der Waals surface area contributed by atoms with Crippen LogP contribution in [0.5, 0.6) is 0 Å². The Morgan fingerprint density at radius 1 is 1.47 bits per heavy atom. The molecule has 1 radical (unpaired) electrons. The molecule has 4 heteroatoms. The van der Waals surface area contributed by atoms with Gasteiger partial charge in [0, 0.05) is 35.1 Å². The highest BCUT2D eigenvalue weighted by Crippen LogP contribution is 2.25. The molecule has 0 aliphatic heterocycles. The molecule has 2 aromatic rings. The Bertz CT molecular complexity index is 472. The Balaban J connectivity index is 2.32. The minimum absolute atomic E-state index is 0.442. The zero-order valence-corrected chi connectivity index (χ0v) is 8.67. The molecule has 2 heterocycles. The van der Waals surface area contributed by atoms with Crippen LogP contribution in [0.1, 0.15) is 4.88 Å². The van der Waals surface area contributed by atoms with Crippen molar-refractivity contribution in [1.82, 2.24) is 9.97 Å². The summed E-state index contributed by atoms with van der Waals surface area (Å²) in [5, 5.41) is 1.92. The molecule has 0 aromatic carbocycles. The Morgan fingerprint density at radius 2 is 2.33 bits per heavy atom. The van der Waals surface area contributed by atoms with E-state index in [1.54, 1.807) is 18.6 Å². The first-order valence-corrected chi connectivity index (χ1v) is 5.18. The van der Waals surface area contributed by atoms with Gasteiger partial charge in [-0.25, -0.2) is 4.39 Å². The summed E-state index contributed by atoms with van der Waals surface area (Å²) in [5.74, 6) is -0.442. The average molecular weight is 219 g/mol. The fourth-order valence-electron chi connectivity index (χ4n) is 1.17.